The number of carbonyl (C=O) groups is 6. The molecule has 54 heavy (non-hydrogen) atoms. The van der Waals surface area contributed by atoms with E-state index in [1.54, 1.807) is 40.7 Å². The standard InChI is InChI=1S/C37H48FN5O10S/c1-7-23-17-37(23,33(47)41-54(50,51)26-12-13-26)40-31(45)30-16-25(52-35(49)42-18-22-9-8-10-28(38)27(22)20-42)19-43(30)32(46)29(14-11-24(44)15-21(2)3)39-34(48)53-36(4,5)6/h7-10,15,23,25-26,29-30H,1,11-14,16-20H2,2-6H3,(H,39,48)(H,40,45)(H,41,47)/t23?,25-,29+,30+,37?/m1/s1. The molecule has 2 unspecified atom stereocenters. The van der Waals surface area contributed by atoms with Crippen LogP contribution in [0.5, 0.6) is 0 Å². The highest BCUT2D eigenvalue weighted by atomic mass is 32.2. The first kappa shape index (κ1) is 40.4. The van der Waals surface area contributed by atoms with Crippen molar-refractivity contribution in [2.24, 2.45) is 5.92 Å². The van der Waals surface area contributed by atoms with Crippen molar-refractivity contribution in [2.75, 3.05) is 6.54 Å². The molecule has 4 aliphatic rings. The number of fused-ring (bicyclic) bond motifs is 1. The van der Waals surface area contributed by atoms with Crippen molar-refractivity contribution in [1.82, 2.24) is 25.2 Å². The summed E-state index contributed by atoms with van der Waals surface area (Å²) < 4.78 is 53.0. The molecule has 0 spiro atoms. The summed E-state index contributed by atoms with van der Waals surface area (Å²) in [7, 11) is -3.97. The molecule has 2 aliphatic heterocycles. The molecule has 2 saturated carbocycles. The summed E-state index contributed by atoms with van der Waals surface area (Å²) in [6.45, 7) is 11.8. The van der Waals surface area contributed by atoms with E-state index in [2.05, 4.69) is 21.9 Å². The number of benzene rings is 1. The third kappa shape index (κ3) is 9.46. The predicted molar refractivity (Wildman–Crippen MR) is 192 cm³/mol. The normalized spacial score (nSPS) is 23.7. The van der Waals surface area contributed by atoms with Crippen LogP contribution in [0, 0.1) is 11.7 Å². The van der Waals surface area contributed by atoms with Gasteiger partial charge in [0.15, 0.2) is 5.78 Å². The van der Waals surface area contributed by atoms with E-state index in [4.69, 9.17) is 9.47 Å². The largest absolute Gasteiger partial charge is 0.444 e. The molecule has 0 bridgehead atoms. The van der Waals surface area contributed by atoms with Crippen LogP contribution in [0.15, 0.2) is 42.5 Å². The van der Waals surface area contributed by atoms with Crippen LogP contribution in [0.1, 0.15) is 84.3 Å². The molecular formula is C37H48FN5O10S. The number of amides is 5. The summed E-state index contributed by atoms with van der Waals surface area (Å²) in [5.74, 6) is -3.94. The topological polar surface area (TPSA) is 198 Å². The molecule has 5 amide bonds. The number of halogens is 1. The second kappa shape index (κ2) is 15.5. The number of nitrogens with one attached hydrogen (secondary N) is 3. The van der Waals surface area contributed by atoms with Gasteiger partial charge in [0.2, 0.25) is 21.8 Å². The highest BCUT2D eigenvalue weighted by Gasteiger charge is 2.62. The van der Waals surface area contributed by atoms with E-state index >= 15 is 0 Å². The smallest absolute Gasteiger partial charge is 0.410 e. The number of ether oxygens (including phenoxy) is 2. The number of likely N-dealkylation sites (tertiary alicyclic amines) is 1. The lowest BCUT2D eigenvalue weighted by molar-refractivity contribution is -0.141. The van der Waals surface area contributed by atoms with Crippen molar-refractivity contribution < 1.29 is 51.0 Å². The minimum Gasteiger partial charge on any atom is -0.444 e. The van der Waals surface area contributed by atoms with E-state index in [9.17, 15) is 41.6 Å². The number of hydrogen-bond donors (Lipinski definition) is 3. The lowest BCUT2D eigenvalue weighted by Gasteiger charge is -2.30. The van der Waals surface area contributed by atoms with Gasteiger partial charge < -0.3 is 25.0 Å². The van der Waals surface area contributed by atoms with Gasteiger partial charge in [-0.25, -0.2) is 22.4 Å². The Hall–Kier alpha value is -4.80. The Kier molecular flexibility index (Phi) is 11.6. The zero-order valence-corrected chi connectivity index (χ0v) is 31.9. The Morgan fingerprint density at radius 3 is 2.41 bits per heavy atom. The van der Waals surface area contributed by atoms with Crippen LogP contribution < -0.4 is 15.4 Å². The van der Waals surface area contributed by atoms with Gasteiger partial charge in [-0.1, -0.05) is 23.8 Å². The molecule has 0 aromatic heterocycles. The van der Waals surface area contributed by atoms with Crippen LogP contribution in [0.3, 0.4) is 0 Å². The summed E-state index contributed by atoms with van der Waals surface area (Å²) in [6, 6.07) is 1.79. The molecule has 5 atom stereocenters. The average Bonchev–Trinajstić information content (AvgIpc) is 3.96. The maximum absolute atomic E-state index is 14.4. The zero-order valence-electron chi connectivity index (χ0n) is 31.1. The van der Waals surface area contributed by atoms with Crippen molar-refractivity contribution in [3.63, 3.8) is 0 Å². The van der Waals surface area contributed by atoms with E-state index in [0.29, 0.717) is 24.0 Å². The summed E-state index contributed by atoms with van der Waals surface area (Å²) in [5, 5.41) is 4.48. The summed E-state index contributed by atoms with van der Waals surface area (Å²) in [5.41, 5.74) is -0.910. The Bertz CT molecular complexity index is 1870. The zero-order chi connectivity index (χ0) is 39.7. The van der Waals surface area contributed by atoms with Gasteiger partial charge in [0.1, 0.15) is 35.1 Å². The summed E-state index contributed by atoms with van der Waals surface area (Å²) in [4.78, 5) is 83.2. The fraction of sp³-hybridized carbons (Fsp3) is 0.568. The number of carbonyl (C=O) groups excluding carboxylic acids is 6. The Morgan fingerprint density at radius 1 is 1.11 bits per heavy atom. The second-order valence-electron chi connectivity index (χ2n) is 15.6. The van der Waals surface area contributed by atoms with Crippen molar-refractivity contribution in [3.05, 3.63) is 59.4 Å². The van der Waals surface area contributed by atoms with E-state index in [1.807, 2.05) is 0 Å². The molecule has 2 aliphatic carbocycles. The molecule has 3 N–H and O–H groups in total. The maximum Gasteiger partial charge on any atom is 0.410 e. The van der Waals surface area contributed by atoms with E-state index in [-0.39, 0.29) is 51.1 Å². The molecule has 1 aromatic rings. The monoisotopic (exact) mass is 773 g/mol. The highest BCUT2D eigenvalue weighted by molar-refractivity contribution is 7.91. The van der Waals surface area contributed by atoms with Crippen LogP contribution in [0.2, 0.25) is 0 Å². The van der Waals surface area contributed by atoms with Crippen LogP contribution in [-0.2, 0) is 51.8 Å². The van der Waals surface area contributed by atoms with Gasteiger partial charge in [-0.05, 0) is 78.0 Å². The van der Waals surface area contributed by atoms with E-state index < -0.39 is 86.2 Å². The summed E-state index contributed by atoms with van der Waals surface area (Å²) in [6.07, 6.45) is 0.324. The second-order valence-corrected chi connectivity index (χ2v) is 17.6. The van der Waals surface area contributed by atoms with Gasteiger partial charge in [0, 0.05) is 30.9 Å². The van der Waals surface area contributed by atoms with Crippen LogP contribution >= 0.6 is 0 Å². The lowest BCUT2D eigenvalue weighted by atomic mass is 10.1. The fourth-order valence-electron chi connectivity index (χ4n) is 6.71. The number of rotatable bonds is 13. The molecule has 294 valence electrons. The Morgan fingerprint density at radius 2 is 1.81 bits per heavy atom. The number of ketones is 1. The van der Waals surface area contributed by atoms with Gasteiger partial charge in [-0.2, -0.15) is 0 Å². The maximum atomic E-state index is 14.4. The molecular weight excluding hydrogens is 725 g/mol. The predicted octanol–water partition coefficient (Wildman–Crippen LogP) is 3.13. The minimum absolute atomic E-state index is 0.0496. The van der Waals surface area contributed by atoms with Crippen LogP contribution in [0.25, 0.3) is 0 Å². The molecule has 15 nitrogen and oxygen atoms in total. The van der Waals surface area contributed by atoms with Gasteiger partial charge in [-0.15, -0.1) is 6.58 Å². The molecule has 2 heterocycles. The lowest BCUT2D eigenvalue weighted by Crippen LogP contribution is -2.58. The van der Waals surface area contributed by atoms with Crippen LogP contribution in [0.4, 0.5) is 14.0 Å². The van der Waals surface area contributed by atoms with Crippen molar-refractivity contribution in [2.45, 2.75) is 121 Å². The van der Waals surface area contributed by atoms with Gasteiger partial charge in [0.05, 0.1) is 18.3 Å². The molecule has 5 rings (SSSR count). The third-order valence-corrected chi connectivity index (χ3v) is 11.5. The van der Waals surface area contributed by atoms with E-state index in [0.717, 1.165) is 10.5 Å². The molecule has 1 aromatic carbocycles. The third-order valence-electron chi connectivity index (χ3n) is 9.67. The van der Waals surface area contributed by atoms with Crippen molar-refractivity contribution in [3.8, 4) is 0 Å². The fourth-order valence-corrected chi connectivity index (χ4v) is 8.07. The first-order valence-corrected chi connectivity index (χ1v) is 19.5. The molecule has 17 heteroatoms. The van der Waals surface area contributed by atoms with E-state index in [1.165, 1.54) is 29.2 Å². The SMILES string of the molecule is C=CC1CC1(NC(=O)[C@@H]1C[C@@H](OC(=O)N2Cc3cccc(F)c3C2)CN1C(=O)[C@H](CCC(=O)C=C(C)C)NC(=O)OC(C)(C)C)C(=O)NS(=O)(=O)C1CC1. The van der Waals surface area contributed by atoms with Gasteiger partial charge in [0.25, 0.3) is 5.91 Å². The van der Waals surface area contributed by atoms with Crippen LogP contribution in [-0.4, -0.2) is 95.0 Å². The van der Waals surface area contributed by atoms with Crippen molar-refractivity contribution in [1.29, 1.82) is 0 Å². The highest BCUT2D eigenvalue weighted by Crippen LogP contribution is 2.45. The quantitative estimate of drug-likeness (QED) is 0.198. The first-order valence-electron chi connectivity index (χ1n) is 17.9. The Labute approximate surface area is 314 Å². The number of allylic oxidation sites excluding steroid dienone is 2. The number of alkyl carbamates (subject to hydrolysis) is 1. The average molecular weight is 774 g/mol. The first-order chi connectivity index (χ1) is 25.2. The van der Waals surface area contributed by atoms with Gasteiger partial charge >= 0.3 is 12.2 Å². The summed E-state index contributed by atoms with van der Waals surface area (Å²) >= 11 is 0. The molecule has 1 saturated heterocycles. The number of hydrogen-bond acceptors (Lipinski definition) is 10. The molecule has 3 fully saturated rings. The van der Waals surface area contributed by atoms with Gasteiger partial charge in [-0.3, -0.25) is 28.8 Å². The number of sulfonamides is 1. The Balaban J connectivity index is 1.39. The number of nitrogens with zero attached hydrogens (tertiary/aromatic N) is 2. The minimum atomic E-state index is -3.97. The molecule has 0 radical (unpaired) electrons. The van der Waals surface area contributed by atoms with Crippen molar-refractivity contribution >= 4 is 45.7 Å².